The van der Waals surface area contributed by atoms with Crippen molar-refractivity contribution in [1.29, 1.82) is 0 Å². The number of hydrogen-bond donors (Lipinski definition) is 0. The molecular formula is C26H20F3N3O5. The van der Waals surface area contributed by atoms with Crippen LogP contribution in [0.1, 0.15) is 31.4 Å². The van der Waals surface area contributed by atoms with Gasteiger partial charge in [0.15, 0.2) is 17.1 Å². The first-order chi connectivity index (χ1) is 17.7. The third-order valence-electron chi connectivity index (χ3n) is 6.33. The molecular weight excluding hydrogens is 491 g/mol. The van der Waals surface area contributed by atoms with Gasteiger partial charge in [0, 0.05) is 29.8 Å². The summed E-state index contributed by atoms with van der Waals surface area (Å²) >= 11 is 0. The average molecular weight is 511 g/mol. The van der Waals surface area contributed by atoms with E-state index in [2.05, 4.69) is 14.6 Å². The van der Waals surface area contributed by atoms with E-state index in [1.165, 1.54) is 41.3 Å². The number of nitrogens with zero attached hydrogens (tertiary/aromatic N) is 3. The van der Waals surface area contributed by atoms with Gasteiger partial charge in [-0.3, -0.25) is 9.59 Å². The highest BCUT2D eigenvalue weighted by Crippen LogP contribution is 2.44. The van der Waals surface area contributed by atoms with Gasteiger partial charge in [-0.05, 0) is 50.1 Å². The summed E-state index contributed by atoms with van der Waals surface area (Å²) < 4.78 is 56.8. The van der Waals surface area contributed by atoms with Crippen LogP contribution < -0.4 is 19.9 Å². The maximum absolute atomic E-state index is 14.0. The lowest BCUT2D eigenvalue weighted by atomic mass is 10.1. The van der Waals surface area contributed by atoms with Crippen molar-refractivity contribution < 1.29 is 31.9 Å². The largest absolute Gasteiger partial charge is 0.586 e. The Balaban J connectivity index is 1.38. The summed E-state index contributed by atoms with van der Waals surface area (Å²) in [4.78, 5) is 27.9. The highest BCUT2D eigenvalue weighted by Gasteiger charge is 2.43. The fourth-order valence-electron chi connectivity index (χ4n) is 4.42. The minimum atomic E-state index is -3.79. The molecule has 6 rings (SSSR count). The molecule has 2 aromatic carbocycles. The third-order valence-corrected chi connectivity index (χ3v) is 6.33. The van der Waals surface area contributed by atoms with Crippen LogP contribution in [0.4, 0.5) is 18.9 Å². The van der Waals surface area contributed by atoms with Crippen LogP contribution in [0.5, 0.6) is 11.5 Å². The molecule has 1 amide bonds. The lowest BCUT2D eigenvalue weighted by Crippen LogP contribution is -2.37. The molecule has 4 aromatic rings. The van der Waals surface area contributed by atoms with Crippen LogP contribution >= 0.6 is 0 Å². The average Bonchev–Trinajstić information content (AvgIpc) is 3.52. The Labute approximate surface area is 207 Å². The molecule has 0 unspecified atom stereocenters. The van der Waals surface area contributed by atoms with Crippen molar-refractivity contribution in [3.63, 3.8) is 0 Å². The number of alkyl halides is 2. The smallest absolute Gasteiger partial charge is 0.458 e. The molecule has 2 aliphatic rings. The first-order valence-electron chi connectivity index (χ1n) is 11.7. The van der Waals surface area contributed by atoms with E-state index in [0.29, 0.717) is 11.3 Å². The van der Waals surface area contributed by atoms with Crippen molar-refractivity contribution >= 4 is 22.6 Å². The number of amides is 1. The van der Waals surface area contributed by atoms with Crippen LogP contribution in [0.2, 0.25) is 0 Å². The fraction of sp³-hybridized carbons (Fsp3) is 0.269. The fourth-order valence-corrected chi connectivity index (χ4v) is 4.42. The Morgan fingerprint density at radius 3 is 2.65 bits per heavy atom. The molecule has 0 radical (unpaired) electrons. The molecule has 0 N–H and O–H groups in total. The number of fused-ring (bicyclic) bond motifs is 2. The van der Waals surface area contributed by atoms with Crippen LogP contribution in [0.25, 0.3) is 22.2 Å². The SMILES string of the molecule is CCN(C(=O)Cn1nc(-c2cccc(F)c2)c2oc(C3CC3)cc2c1=O)c1ccc2c(c1)OC(F)(F)O2. The highest BCUT2D eigenvalue weighted by molar-refractivity contribution is 5.94. The van der Waals surface area contributed by atoms with E-state index in [-0.39, 0.29) is 46.3 Å². The summed E-state index contributed by atoms with van der Waals surface area (Å²) in [6, 6.07) is 11.4. The zero-order valence-electron chi connectivity index (χ0n) is 19.5. The Morgan fingerprint density at radius 1 is 1.14 bits per heavy atom. The first kappa shape index (κ1) is 23.1. The molecule has 0 saturated heterocycles. The van der Waals surface area contributed by atoms with Crippen molar-refractivity contribution in [3.8, 4) is 22.8 Å². The topological polar surface area (TPSA) is 86.8 Å². The number of halogens is 3. The second-order valence-corrected chi connectivity index (χ2v) is 8.92. The van der Waals surface area contributed by atoms with Gasteiger partial charge >= 0.3 is 6.29 Å². The van der Waals surface area contributed by atoms with Gasteiger partial charge in [-0.2, -0.15) is 5.10 Å². The van der Waals surface area contributed by atoms with Gasteiger partial charge in [0.1, 0.15) is 23.8 Å². The number of carbonyl (C=O) groups is 1. The molecule has 0 bridgehead atoms. The standard InChI is InChI=1S/C26H20F3N3O5/c1-2-31(17-8-9-19-21(11-17)37-26(28,29)36-19)22(33)13-32-25(34)18-12-20(14-6-7-14)35-24(18)23(30-32)15-4-3-5-16(27)10-15/h3-5,8-12,14H,2,6-7,13H2,1H3. The molecule has 0 atom stereocenters. The minimum absolute atomic E-state index is 0.147. The molecule has 37 heavy (non-hydrogen) atoms. The van der Waals surface area contributed by atoms with E-state index in [4.69, 9.17) is 4.42 Å². The van der Waals surface area contributed by atoms with Gasteiger partial charge in [-0.25, -0.2) is 9.07 Å². The van der Waals surface area contributed by atoms with E-state index in [1.54, 1.807) is 19.1 Å². The van der Waals surface area contributed by atoms with Gasteiger partial charge in [0.2, 0.25) is 5.91 Å². The molecule has 1 aliphatic heterocycles. The Bertz CT molecular complexity index is 1610. The lowest BCUT2D eigenvalue weighted by molar-refractivity contribution is -0.286. The van der Waals surface area contributed by atoms with E-state index in [1.807, 2.05) is 0 Å². The van der Waals surface area contributed by atoms with Gasteiger partial charge in [-0.15, -0.1) is 8.78 Å². The van der Waals surface area contributed by atoms with Crippen LogP contribution in [0.3, 0.4) is 0 Å². The van der Waals surface area contributed by atoms with Gasteiger partial charge in [-0.1, -0.05) is 12.1 Å². The molecule has 2 aromatic heterocycles. The number of likely N-dealkylation sites (N-methyl/N-ethyl adjacent to an activating group) is 1. The molecule has 1 aliphatic carbocycles. The maximum Gasteiger partial charge on any atom is 0.586 e. The number of ether oxygens (including phenoxy) is 2. The zero-order chi connectivity index (χ0) is 25.9. The van der Waals surface area contributed by atoms with Crippen LogP contribution in [-0.4, -0.2) is 28.5 Å². The highest BCUT2D eigenvalue weighted by atomic mass is 19.3. The van der Waals surface area contributed by atoms with Crippen molar-refractivity contribution in [2.45, 2.75) is 38.5 Å². The number of aromatic nitrogens is 2. The summed E-state index contributed by atoms with van der Waals surface area (Å²) in [5.41, 5.74) is 0.631. The number of rotatable bonds is 6. The third kappa shape index (κ3) is 4.20. The molecule has 190 valence electrons. The predicted molar refractivity (Wildman–Crippen MR) is 126 cm³/mol. The first-order valence-corrected chi connectivity index (χ1v) is 11.7. The number of furan rings is 1. The quantitative estimate of drug-likeness (QED) is 0.360. The number of carbonyl (C=O) groups excluding carboxylic acids is 1. The Morgan fingerprint density at radius 2 is 1.92 bits per heavy atom. The summed E-state index contributed by atoms with van der Waals surface area (Å²) in [6.07, 6.45) is -1.89. The van der Waals surface area contributed by atoms with Gasteiger partial charge in [0.05, 0.1) is 5.39 Å². The molecule has 8 nitrogen and oxygen atoms in total. The van der Waals surface area contributed by atoms with Crippen LogP contribution in [0.15, 0.2) is 57.7 Å². The maximum atomic E-state index is 14.0. The molecule has 1 fully saturated rings. The molecule has 1 saturated carbocycles. The zero-order valence-corrected chi connectivity index (χ0v) is 19.5. The van der Waals surface area contributed by atoms with Crippen molar-refractivity contribution in [2.75, 3.05) is 11.4 Å². The van der Waals surface area contributed by atoms with Crippen molar-refractivity contribution in [2.24, 2.45) is 0 Å². The number of anilines is 1. The van der Waals surface area contributed by atoms with E-state index in [0.717, 1.165) is 17.5 Å². The monoisotopic (exact) mass is 511 g/mol. The summed E-state index contributed by atoms with van der Waals surface area (Å²) in [6.45, 7) is 1.44. The summed E-state index contributed by atoms with van der Waals surface area (Å²) in [5, 5.41) is 4.63. The Hall–Kier alpha value is -4.28. The normalized spacial score (nSPS) is 15.8. The predicted octanol–water partition coefficient (Wildman–Crippen LogP) is 5.05. The number of benzene rings is 2. The molecule has 3 heterocycles. The van der Waals surface area contributed by atoms with E-state index < -0.39 is 30.1 Å². The van der Waals surface area contributed by atoms with Crippen LogP contribution in [0, 0.1) is 5.82 Å². The van der Waals surface area contributed by atoms with Crippen molar-refractivity contribution in [3.05, 3.63) is 70.5 Å². The second kappa shape index (κ2) is 8.39. The summed E-state index contributed by atoms with van der Waals surface area (Å²) in [5.74, 6) is -0.477. The Kier molecular flexibility index (Phi) is 5.25. The van der Waals surface area contributed by atoms with E-state index >= 15 is 0 Å². The van der Waals surface area contributed by atoms with Crippen molar-refractivity contribution in [1.82, 2.24) is 9.78 Å². The number of hydrogen-bond acceptors (Lipinski definition) is 6. The summed E-state index contributed by atoms with van der Waals surface area (Å²) in [7, 11) is 0. The minimum Gasteiger partial charge on any atom is -0.458 e. The second-order valence-electron chi connectivity index (χ2n) is 8.92. The van der Waals surface area contributed by atoms with Gasteiger partial charge in [0.25, 0.3) is 5.56 Å². The molecule has 11 heteroatoms. The van der Waals surface area contributed by atoms with Gasteiger partial charge < -0.3 is 18.8 Å². The van der Waals surface area contributed by atoms with E-state index in [9.17, 15) is 22.8 Å². The van der Waals surface area contributed by atoms with Crippen LogP contribution in [-0.2, 0) is 11.3 Å². The molecule has 0 spiro atoms. The lowest BCUT2D eigenvalue weighted by Gasteiger charge is -2.21.